The Labute approximate surface area is 112 Å². The van der Waals surface area contributed by atoms with E-state index in [-0.39, 0.29) is 17.8 Å². The maximum Gasteiger partial charge on any atom is 0.239 e. The molecule has 1 aliphatic rings. The number of hydrogen-bond acceptors (Lipinski definition) is 3. The lowest BCUT2D eigenvalue weighted by Crippen LogP contribution is -2.48. The largest absolute Gasteiger partial charge is 0.393 e. The highest BCUT2D eigenvalue weighted by molar-refractivity contribution is 5.82. The lowest BCUT2D eigenvalue weighted by atomic mass is 10.0. The predicted octanol–water partition coefficient (Wildman–Crippen LogP) is 0.679. The average Bonchev–Trinajstić information content (AvgIpc) is 2.41. The molecule has 0 saturated carbocycles. The Morgan fingerprint density at radius 2 is 1.95 bits per heavy atom. The second-order valence-electron chi connectivity index (χ2n) is 4.99. The summed E-state index contributed by atoms with van der Waals surface area (Å²) in [5.41, 5.74) is 6.75. The summed E-state index contributed by atoms with van der Waals surface area (Å²) in [7, 11) is 0. The second kappa shape index (κ2) is 6.12. The smallest absolute Gasteiger partial charge is 0.239 e. The molecule has 2 rings (SSSR count). The number of aliphatic hydroxyl groups is 1. The van der Waals surface area contributed by atoms with E-state index in [0.29, 0.717) is 32.4 Å². The standard InChI is InChI=1S/C14H19FN2O2/c15-11-3-1-10(2-4-11)9-13(16)14(19)17-7-5-12(18)6-8-17/h1-4,12-13,18H,5-9,16H2. The zero-order valence-electron chi connectivity index (χ0n) is 10.8. The van der Waals surface area contributed by atoms with Gasteiger partial charge in [-0.1, -0.05) is 12.1 Å². The average molecular weight is 266 g/mol. The first-order valence-electron chi connectivity index (χ1n) is 6.53. The molecule has 19 heavy (non-hydrogen) atoms. The number of halogens is 1. The molecule has 0 bridgehead atoms. The highest BCUT2D eigenvalue weighted by atomic mass is 19.1. The molecule has 1 aromatic carbocycles. The lowest BCUT2D eigenvalue weighted by Gasteiger charge is -2.31. The molecule has 1 heterocycles. The van der Waals surface area contributed by atoms with Gasteiger partial charge in [0.1, 0.15) is 5.82 Å². The highest BCUT2D eigenvalue weighted by Gasteiger charge is 2.25. The molecule has 1 unspecified atom stereocenters. The number of carbonyl (C=O) groups excluding carboxylic acids is 1. The van der Waals surface area contributed by atoms with Gasteiger partial charge in [0.15, 0.2) is 0 Å². The van der Waals surface area contributed by atoms with E-state index >= 15 is 0 Å². The predicted molar refractivity (Wildman–Crippen MR) is 69.9 cm³/mol. The van der Waals surface area contributed by atoms with E-state index in [4.69, 9.17) is 5.73 Å². The SMILES string of the molecule is NC(Cc1ccc(F)cc1)C(=O)N1CCC(O)CC1. The number of benzene rings is 1. The number of likely N-dealkylation sites (tertiary alicyclic amines) is 1. The van der Waals surface area contributed by atoms with Crippen LogP contribution in [-0.4, -0.2) is 41.1 Å². The third-order valence-electron chi connectivity index (χ3n) is 3.46. The fourth-order valence-corrected chi connectivity index (χ4v) is 2.28. The molecule has 5 heteroatoms. The van der Waals surface area contributed by atoms with Crippen molar-refractivity contribution in [2.24, 2.45) is 5.73 Å². The molecule has 1 aromatic rings. The van der Waals surface area contributed by atoms with Crippen LogP contribution in [0.4, 0.5) is 4.39 Å². The Morgan fingerprint density at radius 3 is 2.53 bits per heavy atom. The van der Waals surface area contributed by atoms with Crippen LogP contribution >= 0.6 is 0 Å². The summed E-state index contributed by atoms with van der Waals surface area (Å²) < 4.78 is 12.8. The summed E-state index contributed by atoms with van der Waals surface area (Å²) in [6.07, 6.45) is 1.31. The number of hydrogen-bond donors (Lipinski definition) is 2. The summed E-state index contributed by atoms with van der Waals surface area (Å²) in [4.78, 5) is 13.8. The molecule has 0 spiro atoms. The Kier molecular flexibility index (Phi) is 4.50. The van der Waals surface area contributed by atoms with Crippen LogP contribution in [0.2, 0.25) is 0 Å². The minimum atomic E-state index is -0.610. The summed E-state index contributed by atoms with van der Waals surface area (Å²) in [5, 5.41) is 9.40. The van der Waals surface area contributed by atoms with E-state index in [2.05, 4.69) is 0 Å². The molecule has 0 radical (unpaired) electrons. The number of carbonyl (C=O) groups is 1. The van der Waals surface area contributed by atoms with Crippen molar-refractivity contribution in [3.05, 3.63) is 35.6 Å². The van der Waals surface area contributed by atoms with E-state index in [1.165, 1.54) is 12.1 Å². The Morgan fingerprint density at radius 1 is 1.37 bits per heavy atom. The van der Waals surface area contributed by atoms with Gasteiger partial charge in [0.05, 0.1) is 12.1 Å². The van der Waals surface area contributed by atoms with Crippen LogP contribution in [0.25, 0.3) is 0 Å². The quantitative estimate of drug-likeness (QED) is 0.845. The lowest BCUT2D eigenvalue weighted by molar-refractivity contribution is -0.134. The molecular formula is C14H19FN2O2. The Hall–Kier alpha value is -1.46. The zero-order chi connectivity index (χ0) is 13.8. The van der Waals surface area contributed by atoms with Crippen LogP contribution in [0.15, 0.2) is 24.3 Å². The third-order valence-corrected chi connectivity index (χ3v) is 3.46. The molecule has 4 nitrogen and oxygen atoms in total. The van der Waals surface area contributed by atoms with Crippen molar-refractivity contribution in [2.45, 2.75) is 31.4 Å². The van der Waals surface area contributed by atoms with E-state index in [0.717, 1.165) is 5.56 Å². The molecule has 0 aromatic heterocycles. The number of rotatable bonds is 3. The first-order valence-corrected chi connectivity index (χ1v) is 6.53. The van der Waals surface area contributed by atoms with Crippen molar-refractivity contribution in [1.29, 1.82) is 0 Å². The number of nitrogens with zero attached hydrogens (tertiary/aromatic N) is 1. The summed E-state index contributed by atoms with van der Waals surface area (Å²) in [5.74, 6) is -0.398. The zero-order valence-corrected chi connectivity index (χ0v) is 10.8. The van der Waals surface area contributed by atoms with Gasteiger partial charge in [-0.05, 0) is 37.0 Å². The number of aliphatic hydroxyl groups excluding tert-OH is 1. The molecule has 1 atom stereocenters. The molecule has 0 aliphatic carbocycles. The van der Waals surface area contributed by atoms with Gasteiger partial charge in [-0.2, -0.15) is 0 Å². The first-order chi connectivity index (χ1) is 9.06. The fourth-order valence-electron chi connectivity index (χ4n) is 2.28. The summed E-state index contributed by atoms with van der Waals surface area (Å²) >= 11 is 0. The van der Waals surface area contributed by atoms with Gasteiger partial charge in [0.25, 0.3) is 0 Å². The van der Waals surface area contributed by atoms with Crippen LogP contribution in [0.5, 0.6) is 0 Å². The topological polar surface area (TPSA) is 66.6 Å². The van der Waals surface area contributed by atoms with Crippen molar-refractivity contribution in [3.63, 3.8) is 0 Å². The molecule has 104 valence electrons. The van der Waals surface area contributed by atoms with Gasteiger partial charge in [0, 0.05) is 13.1 Å². The molecule has 3 N–H and O–H groups in total. The molecule has 1 amide bonds. The van der Waals surface area contributed by atoms with Crippen molar-refractivity contribution in [1.82, 2.24) is 4.90 Å². The van der Waals surface area contributed by atoms with Crippen molar-refractivity contribution < 1.29 is 14.3 Å². The van der Waals surface area contributed by atoms with Crippen LogP contribution in [0.3, 0.4) is 0 Å². The maximum absolute atomic E-state index is 12.8. The third kappa shape index (κ3) is 3.75. The van der Waals surface area contributed by atoms with Crippen LogP contribution < -0.4 is 5.73 Å². The van der Waals surface area contributed by atoms with Crippen LogP contribution in [-0.2, 0) is 11.2 Å². The van der Waals surface area contributed by atoms with Crippen LogP contribution in [0, 0.1) is 5.82 Å². The number of nitrogens with two attached hydrogens (primary N) is 1. The van der Waals surface area contributed by atoms with Gasteiger partial charge in [-0.15, -0.1) is 0 Å². The van der Waals surface area contributed by atoms with E-state index < -0.39 is 6.04 Å². The Balaban J connectivity index is 1.90. The van der Waals surface area contributed by atoms with Gasteiger partial charge in [0.2, 0.25) is 5.91 Å². The van der Waals surface area contributed by atoms with Gasteiger partial charge >= 0.3 is 0 Å². The summed E-state index contributed by atoms with van der Waals surface area (Å²) in [6.45, 7) is 1.11. The van der Waals surface area contributed by atoms with Crippen molar-refractivity contribution >= 4 is 5.91 Å². The van der Waals surface area contributed by atoms with Gasteiger partial charge < -0.3 is 15.7 Å². The fraction of sp³-hybridized carbons (Fsp3) is 0.500. The monoisotopic (exact) mass is 266 g/mol. The van der Waals surface area contributed by atoms with E-state index in [9.17, 15) is 14.3 Å². The van der Waals surface area contributed by atoms with E-state index in [1.54, 1.807) is 17.0 Å². The number of piperidine rings is 1. The highest BCUT2D eigenvalue weighted by Crippen LogP contribution is 2.12. The second-order valence-corrected chi connectivity index (χ2v) is 4.99. The summed E-state index contributed by atoms with van der Waals surface area (Å²) in [6, 6.07) is 5.40. The molecule has 1 aliphatic heterocycles. The number of amides is 1. The normalized spacial score (nSPS) is 18.4. The molecule has 1 saturated heterocycles. The van der Waals surface area contributed by atoms with Gasteiger partial charge in [-0.3, -0.25) is 4.79 Å². The van der Waals surface area contributed by atoms with Crippen molar-refractivity contribution in [2.75, 3.05) is 13.1 Å². The van der Waals surface area contributed by atoms with E-state index in [1.807, 2.05) is 0 Å². The Bertz CT molecular complexity index is 428. The molecular weight excluding hydrogens is 247 g/mol. The maximum atomic E-state index is 12.8. The molecule has 1 fully saturated rings. The minimum Gasteiger partial charge on any atom is -0.393 e. The van der Waals surface area contributed by atoms with Gasteiger partial charge in [-0.25, -0.2) is 4.39 Å². The van der Waals surface area contributed by atoms with Crippen LogP contribution in [0.1, 0.15) is 18.4 Å². The minimum absolute atomic E-state index is 0.101. The van der Waals surface area contributed by atoms with Crippen molar-refractivity contribution in [3.8, 4) is 0 Å². The first kappa shape index (κ1) is 14.0.